The number of rotatable bonds is 3. The number of furan rings is 1. The van der Waals surface area contributed by atoms with E-state index in [4.69, 9.17) is 13.9 Å². The number of hydrogen-bond donors (Lipinski definition) is 0. The molecule has 2 rings (SSSR count). The number of hydrogen-bond acceptors (Lipinski definition) is 5. The number of carbonyl (C=O) groups excluding carboxylic acids is 1. The van der Waals surface area contributed by atoms with E-state index in [9.17, 15) is 4.79 Å². The van der Waals surface area contributed by atoms with Crippen LogP contribution in [0.1, 0.15) is 12.7 Å². The Hall–Kier alpha value is -2.04. The summed E-state index contributed by atoms with van der Waals surface area (Å²) in [5, 5.41) is 0. The minimum atomic E-state index is -0.533. The molecule has 0 atom stereocenters. The lowest BCUT2D eigenvalue weighted by Crippen LogP contribution is -2.04. The van der Waals surface area contributed by atoms with Gasteiger partial charge in [-0.25, -0.2) is 4.79 Å². The maximum atomic E-state index is 11.3. The lowest BCUT2D eigenvalue weighted by atomic mass is 10.4. The van der Waals surface area contributed by atoms with Gasteiger partial charge in [-0.15, -0.1) is 0 Å². The molecule has 15 heavy (non-hydrogen) atoms. The minimum Gasteiger partial charge on any atom is -0.499 e. The van der Waals surface area contributed by atoms with Gasteiger partial charge in [-0.2, -0.15) is 4.99 Å². The van der Waals surface area contributed by atoms with Gasteiger partial charge >= 0.3 is 5.97 Å². The molecule has 0 N–H and O–H groups in total. The Morgan fingerprint density at radius 2 is 2.47 bits per heavy atom. The quantitative estimate of drug-likeness (QED) is 0.427. The van der Waals surface area contributed by atoms with Gasteiger partial charge < -0.3 is 13.9 Å². The minimum absolute atomic E-state index is 0.142. The van der Waals surface area contributed by atoms with Crippen LogP contribution in [0, 0.1) is 0 Å². The van der Waals surface area contributed by atoms with E-state index < -0.39 is 5.97 Å². The zero-order valence-corrected chi connectivity index (χ0v) is 8.10. The topological polar surface area (TPSA) is 61.0 Å². The van der Waals surface area contributed by atoms with Gasteiger partial charge in [0.2, 0.25) is 0 Å². The van der Waals surface area contributed by atoms with Crippen LogP contribution in [0.25, 0.3) is 0 Å². The molecule has 5 heteroatoms. The van der Waals surface area contributed by atoms with Crippen molar-refractivity contribution in [1.82, 2.24) is 0 Å². The maximum absolute atomic E-state index is 11.3. The molecule has 0 bridgehead atoms. The maximum Gasteiger partial charge on any atom is 0.367 e. The Morgan fingerprint density at radius 3 is 3.13 bits per heavy atom. The Kier molecular flexibility index (Phi) is 2.53. The Morgan fingerprint density at radius 1 is 1.60 bits per heavy atom. The number of nitrogens with zero attached hydrogens (tertiary/aromatic N) is 1. The Bertz CT molecular complexity index is 417. The fourth-order valence-electron chi connectivity index (χ4n) is 1.06. The number of ether oxygens (including phenoxy) is 2. The van der Waals surface area contributed by atoms with Crippen molar-refractivity contribution in [3.8, 4) is 0 Å². The Labute approximate surface area is 86.0 Å². The average molecular weight is 207 g/mol. The van der Waals surface area contributed by atoms with E-state index in [1.54, 1.807) is 12.1 Å². The van der Waals surface area contributed by atoms with Crippen molar-refractivity contribution < 1.29 is 18.7 Å². The highest BCUT2D eigenvalue weighted by molar-refractivity contribution is 6.09. The molecule has 1 aromatic rings. The standard InChI is InChI=1S/C10H9NO4/c1-2-13-6-7-10(12)15-9(11-7)8-4-3-5-14-8/h3-6H,2H2,1H3/b7-6-. The Balaban J connectivity index is 2.21. The molecule has 1 aliphatic rings. The fourth-order valence-corrected chi connectivity index (χ4v) is 1.06. The third kappa shape index (κ3) is 1.90. The number of aliphatic imine (C=N–C) groups is 1. The van der Waals surface area contributed by atoms with Crippen LogP contribution in [-0.2, 0) is 14.3 Å². The summed E-state index contributed by atoms with van der Waals surface area (Å²) >= 11 is 0. The molecule has 0 spiro atoms. The van der Waals surface area contributed by atoms with E-state index in [2.05, 4.69) is 4.99 Å². The molecular formula is C10H9NO4. The number of esters is 1. The molecule has 2 heterocycles. The summed E-state index contributed by atoms with van der Waals surface area (Å²) in [5.74, 6) is 0.0500. The van der Waals surface area contributed by atoms with Crippen molar-refractivity contribution in [2.24, 2.45) is 4.99 Å². The average Bonchev–Trinajstić information content (AvgIpc) is 2.83. The second-order valence-corrected chi connectivity index (χ2v) is 2.74. The fraction of sp³-hybridized carbons (Fsp3) is 0.200. The predicted molar refractivity (Wildman–Crippen MR) is 51.0 cm³/mol. The van der Waals surface area contributed by atoms with Crippen molar-refractivity contribution in [2.75, 3.05) is 6.61 Å². The first kappa shape index (κ1) is 9.51. The molecule has 0 radical (unpaired) electrons. The first-order valence-corrected chi connectivity index (χ1v) is 4.47. The van der Waals surface area contributed by atoms with Gasteiger partial charge in [0.15, 0.2) is 11.5 Å². The van der Waals surface area contributed by atoms with E-state index in [0.29, 0.717) is 12.4 Å². The van der Waals surface area contributed by atoms with E-state index in [1.165, 1.54) is 12.5 Å². The van der Waals surface area contributed by atoms with E-state index in [0.717, 1.165) is 0 Å². The number of cyclic esters (lactones) is 1. The zero-order chi connectivity index (χ0) is 10.7. The van der Waals surface area contributed by atoms with Crippen LogP contribution in [0.2, 0.25) is 0 Å². The first-order chi connectivity index (χ1) is 7.31. The van der Waals surface area contributed by atoms with Crippen LogP contribution in [0.3, 0.4) is 0 Å². The highest BCUT2D eigenvalue weighted by Crippen LogP contribution is 2.16. The van der Waals surface area contributed by atoms with Crippen LogP contribution in [0.15, 0.2) is 39.8 Å². The molecule has 0 aromatic carbocycles. The van der Waals surface area contributed by atoms with E-state index in [1.807, 2.05) is 6.92 Å². The van der Waals surface area contributed by atoms with E-state index in [-0.39, 0.29) is 11.6 Å². The molecule has 1 aliphatic heterocycles. The second kappa shape index (κ2) is 4.00. The summed E-state index contributed by atoms with van der Waals surface area (Å²) in [7, 11) is 0. The van der Waals surface area contributed by atoms with Crippen LogP contribution < -0.4 is 0 Å². The SMILES string of the molecule is CCO/C=C1\N=C(c2ccco2)OC1=O. The van der Waals surface area contributed by atoms with Crippen molar-refractivity contribution in [2.45, 2.75) is 6.92 Å². The summed E-state index contributed by atoms with van der Waals surface area (Å²) in [6.45, 7) is 2.29. The van der Waals surface area contributed by atoms with Crippen LogP contribution in [-0.4, -0.2) is 18.5 Å². The molecule has 0 saturated carbocycles. The summed E-state index contributed by atoms with van der Waals surface area (Å²) in [6.07, 6.45) is 2.76. The smallest absolute Gasteiger partial charge is 0.367 e. The summed E-state index contributed by atoms with van der Waals surface area (Å²) < 4.78 is 14.9. The van der Waals surface area contributed by atoms with E-state index >= 15 is 0 Å². The predicted octanol–water partition coefficient (Wildman–Crippen LogP) is 1.46. The lowest BCUT2D eigenvalue weighted by Gasteiger charge is -1.92. The largest absolute Gasteiger partial charge is 0.499 e. The van der Waals surface area contributed by atoms with Gasteiger partial charge in [-0.05, 0) is 19.1 Å². The molecule has 0 saturated heterocycles. The summed E-state index contributed by atoms with van der Waals surface area (Å²) in [4.78, 5) is 15.2. The van der Waals surface area contributed by atoms with Gasteiger partial charge in [0.1, 0.15) is 6.26 Å². The lowest BCUT2D eigenvalue weighted by molar-refractivity contribution is -0.130. The van der Waals surface area contributed by atoms with Gasteiger partial charge in [0, 0.05) is 0 Å². The van der Waals surface area contributed by atoms with Crippen LogP contribution in [0.5, 0.6) is 0 Å². The third-order valence-corrected chi connectivity index (χ3v) is 1.71. The molecule has 1 aromatic heterocycles. The van der Waals surface area contributed by atoms with Crippen molar-refractivity contribution in [3.05, 3.63) is 36.1 Å². The van der Waals surface area contributed by atoms with Gasteiger partial charge in [-0.1, -0.05) is 0 Å². The molecule has 0 unspecified atom stereocenters. The summed E-state index contributed by atoms with van der Waals surface area (Å²) in [5.41, 5.74) is 0.142. The van der Waals surface area contributed by atoms with Crippen LogP contribution in [0.4, 0.5) is 0 Å². The monoisotopic (exact) mass is 207 g/mol. The highest BCUT2D eigenvalue weighted by atomic mass is 16.6. The van der Waals surface area contributed by atoms with Gasteiger partial charge in [0.25, 0.3) is 5.90 Å². The van der Waals surface area contributed by atoms with Crippen molar-refractivity contribution in [3.63, 3.8) is 0 Å². The zero-order valence-electron chi connectivity index (χ0n) is 8.10. The molecule has 0 aliphatic carbocycles. The third-order valence-electron chi connectivity index (χ3n) is 1.71. The molecular weight excluding hydrogens is 198 g/mol. The van der Waals surface area contributed by atoms with Crippen LogP contribution >= 0.6 is 0 Å². The molecule has 0 amide bonds. The highest BCUT2D eigenvalue weighted by Gasteiger charge is 2.26. The van der Waals surface area contributed by atoms with Gasteiger partial charge in [0.05, 0.1) is 12.9 Å². The normalized spacial score (nSPS) is 17.8. The second-order valence-electron chi connectivity index (χ2n) is 2.74. The number of carbonyl (C=O) groups is 1. The summed E-state index contributed by atoms with van der Waals surface area (Å²) in [6, 6.07) is 3.35. The first-order valence-electron chi connectivity index (χ1n) is 4.47. The molecule has 78 valence electrons. The molecule has 5 nitrogen and oxygen atoms in total. The van der Waals surface area contributed by atoms with Crippen molar-refractivity contribution >= 4 is 11.9 Å². The van der Waals surface area contributed by atoms with Crippen molar-refractivity contribution in [1.29, 1.82) is 0 Å². The van der Waals surface area contributed by atoms with Gasteiger partial charge in [-0.3, -0.25) is 0 Å². The molecule has 0 fully saturated rings.